The molecule has 1 rings (SSSR count). The first-order valence-corrected chi connectivity index (χ1v) is 4.55. The maximum Gasteiger partial charge on any atom is 0.243 e. The van der Waals surface area contributed by atoms with Crippen molar-refractivity contribution >= 4 is 11.9 Å². The van der Waals surface area contributed by atoms with Gasteiger partial charge in [-0.15, -0.1) is 0 Å². The molecule has 1 heterocycles. The molecular weight excluding hydrogens is 192 g/mol. The Labute approximate surface area is 88.2 Å². The summed E-state index contributed by atoms with van der Waals surface area (Å²) in [6.07, 6.45) is 0. The Morgan fingerprint density at radius 3 is 2.47 bits per heavy atom. The van der Waals surface area contributed by atoms with E-state index in [1.165, 1.54) is 6.92 Å². The number of rotatable bonds is 2. The molecular formula is C10H12N4O. The molecule has 1 atom stereocenters. The minimum absolute atomic E-state index is 0.250. The van der Waals surface area contributed by atoms with Crippen molar-refractivity contribution < 1.29 is 4.79 Å². The summed E-state index contributed by atoms with van der Waals surface area (Å²) in [6.45, 7) is 5.16. The van der Waals surface area contributed by atoms with Crippen LogP contribution < -0.4 is 5.32 Å². The third kappa shape index (κ3) is 3.02. The molecule has 15 heavy (non-hydrogen) atoms. The number of hydrogen-bond acceptors (Lipinski definition) is 4. The van der Waals surface area contributed by atoms with Crippen molar-refractivity contribution in [2.75, 3.05) is 5.32 Å². The zero-order valence-corrected chi connectivity index (χ0v) is 8.90. The van der Waals surface area contributed by atoms with Crippen LogP contribution in [0.1, 0.15) is 18.3 Å². The lowest BCUT2D eigenvalue weighted by atomic mass is 10.2. The molecule has 0 aliphatic carbocycles. The largest absolute Gasteiger partial charge is 0.293 e. The van der Waals surface area contributed by atoms with Gasteiger partial charge in [0.05, 0.1) is 6.07 Å². The average molecular weight is 204 g/mol. The molecule has 5 heteroatoms. The SMILES string of the molecule is Cc1cc(C)nc(NC(=O)C(C)C#N)n1. The number of carbonyl (C=O) groups is 1. The van der Waals surface area contributed by atoms with Gasteiger partial charge in [-0.2, -0.15) is 5.26 Å². The summed E-state index contributed by atoms with van der Waals surface area (Å²) in [4.78, 5) is 19.4. The van der Waals surface area contributed by atoms with Crippen LogP contribution in [-0.2, 0) is 4.79 Å². The highest BCUT2D eigenvalue weighted by Gasteiger charge is 2.13. The van der Waals surface area contributed by atoms with E-state index in [4.69, 9.17) is 5.26 Å². The van der Waals surface area contributed by atoms with Crippen LogP contribution in [0.2, 0.25) is 0 Å². The van der Waals surface area contributed by atoms with Crippen LogP contribution in [0.15, 0.2) is 6.07 Å². The van der Waals surface area contributed by atoms with Gasteiger partial charge in [-0.3, -0.25) is 10.1 Å². The number of aryl methyl sites for hydroxylation is 2. The van der Waals surface area contributed by atoms with E-state index in [1.807, 2.05) is 26.0 Å². The highest BCUT2D eigenvalue weighted by Crippen LogP contribution is 2.05. The number of carbonyl (C=O) groups excluding carboxylic acids is 1. The Hall–Kier alpha value is -1.96. The smallest absolute Gasteiger partial charge is 0.243 e. The van der Waals surface area contributed by atoms with E-state index in [1.54, 1.807) is 0 Å². The van der Waals surface area contributed by atoms with E-state index in [0.29, 0.717) is 0 Å². The second kappa shape index (κ2) is 4.51. The van der Waals surface area contributed by atoms with Crippen LogP contribution in [0.4, 0.5) is 5.95 Å². The van der Waals surface area contributed by atoms with Gasteiger partial charge in [0.25, 0.3) is 0 Å². The second-order valence-corrected chi connectivity index (χ2v) is 3.31. The highest BCUT2D eigenvalue weighted by molar-refractivity contribution is 5.92. The molecule has 0 aromatic carbocycles. The third-order valence-corrected chi connectivity index (χ3v) is 1.80. The maximum atomic E-state index is 11.4. The number of nitriles is 1. The van der Waals surface area contributed by atoms with E-state index in [0.717, 1.165) is 11.4 Å². The fourth-order valence-corrected chi connectivity index (χ4v) is 1.06. The second-order valence-electron chi connectivity index (χ2n) is 3.31. The molecule has 1 N–H and O–H groups in total. The zero-order valence-electron chi connectivity index (χ0n) is 8.90. The Bertz CT molecular complexity index is 402. The molecule has 0 saturated heterocycles. The summed E-state index contributed by atoms with van der Waals surface area (Å²) >= 11 is 0. The normalized spacial score (nSPS) is 11.6. The van der Waals surface area contributed by atoms with E-state index in [-0.39, 0.29) is 11.9 Å². The Balaban J connectivity index is 2.82. The van der Waals surface area contributed by atoms with Crippen LogP contribution in [0, 0.1) is 31.1 Å². The molecule has 5 nitrogen and oxygen atoms in total. The van der Waals surface area contributed by atoms with Gasteiger partial charge in [0.15, 0.2) is 0 Å². The number of amides is 1. The van der Waals surface area contributed by atoms with Crippen LogP contribution >= 0.6 is 0 Å². The lowest BCUT2D eigenvalue weighted by Gasteiger charge is -2.05. The van der Waals surface area contributed by atoms with Crippen LogP contribution in [0.3, 0.4) is 0 Å². The molecule has 0 spiro atoms. The summed E-state index contributed by atoms with van der Waals surface area (Å²) in [5.41, 5.74) is 1.56. The van der Waals surface area contributed by atoms with Crippen LogP contribution in [0.25, 0.3) is 0 Å². The van der Waals surface area contributed by atoms with Gasteiger partial charge in [0.1, 0.15) is 5.92 Å². The summed E-state index contributed by atoms with van der Waals surface area (Å²) < 4.78 is 0. The fraction of sp³-hybridized carbons (Fsp3) is 0.400. The van der Waals surface area contributed by atoms with Crippen molar-refractivity contribution in [3.05, 3.63) is 17.5 Å². The molecule has 1 aromatic heterocycles. The van der Waals surface area contributed by atoms with E-state index >= 15 is 0 Å². The van der Waals surface area contributed by atoms with E-state index in [9.17, 15) is 4.79 Å². The van der Waals surface area contributed by atoms with Crippen molar-refractivity contribution in [3.8, 4) is 6.07 Å². The van der Waals surface area contributed by atoms with Crippen molar-refractivity contribution in [1.29, 1.82) is 5.26 Å². The predicted molar refractivity (Wildman–Crippen MR) is 54.9 cm³/mol. The Kier molecular flexibility index (Phi) is 3.34. The summed E-state index contributed by atoms with van der Waals surface area (Å²) in [7, 11) is 0. The third-order valence-electron chi connectivity index (χ3n) is 1.80. The summed E-state index contributed by atoms with van der Waals surface area (Å²) in [5, 5.41) is 11.0. The first kappa shape index (κ1) is 11.1. The van der Waals surface area contributed by atoms with Crippen molar-refractivity contribution in [2.24, 2.45) is 5.92 Å². The Morgan fingerprint density at radius 1 is 1.47 bits per heavy atom. The molecule has 0 radical (unpaired) electrons. The minimum atomic E-state index is -0.700. The molecule has 1 amide bonds. The summed E-state index contributed by atoms with van der Waals surface area (Å²) in [5.74, 6) is -0.837. The standard InChI is InChI=1S/C10H12N4O/c1-6(5-11)9(15)14-10-12-7(2)4-8(3)13-10/h4,6H,1-3H3,(H,12,13,14,15). The van der Waals surface area contributed by atoms with Gasteiger partial charge in [0.2, 0.25) is 11.9 Å². The van der Waals surface area contributed by atoms with Crippen LogP contribution in [0.5, 0.6) is 0 Å². The van der Waals surface area contributed by atoms with E-state index < -0.39 is 5.92 Å². The van der Waals surface area contributed by atoms with E-state index in [2.05, 4.69) is 15.3 Å². The van der Waals surface area contributed by atoms with Crippen molar-refractivity contribution in [1.82, 2.24) is 9.97 Å². The first-order valence-electron chi connectivity index (χ1n) is 4.55. The molecule has 0 saturated carbocycles. The van der Waals surface area contributed by atoms with Crippen molar-refractivity contribution in [3.63, 3.8) is 0 Å². The molecule has 1 aromatic rings. The highest BCUT2D eigenvalue weighted by atomic mass is 16.2. The molecule has 0 aliphatic rings. The number of hydrogen-bond donors (Lipinski definition) is 1. The number of nitrogens with one attached hydrogen (secondary N) is 1. The maximum absolute atomic E-state index is 11.4. The Morgan fingerprint density at radius 2 is 2.00 bits per heavy atom. The van der Waals surface area contributed by atoms with Gasteiger partial charge in [0, 0.05) is 11.4 Å². The number of anilines is 1. The lowest BCUT2D eigenvalue weighted by molar-refractivity contribution is -0.118. The molecule has 0 fully saturated rings. The average Bonchev–Trinajstić information content (AvgIpc) is 2.14. The van der Waals surface area contributed by atoms with Gasteiger partial charge < -0.3 is 0 Å². The predicted octanol–water partition coefficient (Wildman–Crippen LogP) is 1.19. The molecule has 78 valence electrons. The van der Waals surface area contributed by atoms with Gasteiger partial charge >= 0.3 is 0 Å². The van der Waals surface area contributed by atoms with Gasteiger partial charge in [-0.05, 0) is 26.8 Å². The minimum Gasteiger partial charge on any atom is -0.293 e. The molecule has 1 unspecified atom stereocenters. The number of aromatic nitrogens is 2. The van der Waals surface area contributed by atoms with Crippen LogP contribution in [-0.4, -0.2) is 15.9 Å². The van der Waals surface area contributed by atoms with Crippen molar-refractivity contribution in [2.45, 2.75) is 20.8 Å². The molecule has 0 aliphatic heterocycles. The topological polar surface area (TPSA) is 78.7 Å². The lowest BCUT2D eigenvalue weighted by Crippen LogP contribution is -2.20. The molecule has 0 bridgehead atoms. The monoisotopic (exact) mass is 204 g/mol. The van der Waals surface area contributed by atoms with Gasteiger partial charge in [-0.1, -0.05) is 0 Å². The quantitative estimate of drug-likeness (QED) is 0.784. The summed E-state index contributed by atoms with van der Waals surface area (Å²) in [6, 6.07) is 3.66. The van der Waals surface area contributed by atoms with Gasteiger partial charge in [-0.25, -0.2) is 9.97 Å². The zero-order chi connectivity index (χ0) is 11.4. The fourth-order valence-electron chi connectivity index (χ4n) is 1.06. The number of nitrogens with zero attached hydrogens (tertiary/aromatic N) is 3. The first-order chi connectivity index (χ1) is 7.02.